The molecule has 46 heteroatoms. The molecule has 3 radical (unpaired) electrons. The summed E-state index contributed by atoms with van der Waals surface area (Å²) in [6.07, 6.45) is -8.05. The number of rotatable bonds is 25. The van der Waals surface area contributed by atoms with Gasteiger partial charge in [0.1, 0.15) is 41.2 Å². The number of fused-ring (bicyclic) bond motifs is 3. The molecule has 3 aliphatic heterocycles. The molecule has 41 atom stereocenters. The predicted octanol–water partition coefficient (Wildman–Crippen LogP) is 13.8. The predicted molar refractivity (Wildman–Crippen MR) is 493 cm³/mol. The van der Waals surface area contributed by atoms with Gasteiger partial charge in [0.2, 0.25) is 0 Å². The number of Topliss-reactive ketones (excluding diaryl/α,β-unsaturated/α-hetero) is 1. The van der Waals surface area contributed by atoms with Crippen LogP contribution in [0.2, 0.25) is 0 Å². The quantitative estimate of drug-likeness (QED) is 0.0133. The van der Waals surface area contributed by atoms with Crippen LogP contribution in [0.3, 0.4) is 0 Å². The van der Waals surface area contributed by atoms with Gasteiger partial charge in [-0.1, -0.05) is 81.6 Å². The van der Waals surface area contributed by atoms with Crippen molar-refractivity contribution >= 4 is 185 Å². The number of hydrogen-bond acceptors (Lipinski definition) is 24. The minimum atomic E-state index is -1.58. The van der Waals surface area contributed by atoms with Gasteiger partial charge in [0.05, 0.1) is 125 Å². The van der Waals surface area contributed by atoms with Gasteiger partial charge in [0, 0.05) is 226 Å². The first kappa shape index (κ1) is 119. The number of halogens is 2. The molecule has 3 heterocycles. The standard InChI is InChI=1S/C23H55O8P17.C23H38O8.C23H36O8.CH2Cl2.3Ac/c1-11-9-21(4,5)14(7-15(11)25)18(29-13(3)24)19-22(6,20(26)12(2)30-43(46(37)38)48(41-32)47(39)40)16(8-17-23(19,27)10-28-17)31-42(44(33)34)45(35)36;2*1-11-9-21(4,5)14(7-15(11)26)18(31-13(3)25)19-22(6,20(28)12(2)24)16(27)8-17-23(19,29)10-30-17;2-1-3;;;/h9,12,14-20,25-27,41H,7-8,10,32-40H2,1-6H3;9,12,14-20,24,26-29H,7-8,10H2,1-6H3;9,12,14-19,24,26-27,29H,7-8,10H2,1-6H3;1H2;;;/t12-,14?,15+,16+,17-,18-,19?,20-,22-,23+,43?,48?;12-,14?,15+,16+,17-,18-,19?,20-,22-,23+;12-,14?,15+,16+,17-,18-,19?,22-,23+;;;;/m111..../s1. The molecule has 6 fully saturated rings. The maximum atomic E-state index is 13.2. The van der Waals surface area contributed by atoms with Gasteiger partial charge in [-0.25, -0.2) is 0 Å². The fourth-order valence-corrected chi connectivity index (χ4v) is 119. The van der Waals surface area contributed by atoms with E-state index in [1.54, 1.807) is 6.92 Å². The van der Waals surface area contributed by atoms with E-state index in [1.807, 2.05) is 74.5 Å². The molecule has 3 saturated carbocycles. The Morgan fingerprint density at radius 2 is 0.828 bits per heavy atom. The minimum Gasteiger partial charge on any atom is -0.462 e. The van der Waals surface area contributed by atoms with Crippen molar-refractivity contribution in [1.82, 2.24) is 0 Å². The average molecular weight is 2640 g/mol. The van der Waals surface area contributed by atoms with E-state index >= 15 is 0 Å². The summed E-state index contributed by atoms with van der Waals surface area (Å²) < 4.78 is 49.3. The van der Waals surface area contributed by atoms with Gasteiger partial charge in [0.15, 0.2) is 5.78 Å². The number of alkyl halides is 2. The summed E-state index contributed by atoms with van der Waals surface area (Å²) in [6, 6.07) is 0. The molecule has 9 aliphatic rings. The third-order valence-electron chi connectivity index (χ3n) is 25.6. The largest absolute Gasteiger partial charge is 0.462 e. The molecule has 0 amide bonds. The van der Waals surface area contributed by atoms with Crippen LogP contribution < -0.4 is 0 Å². The van der Waals surface area contributed by atoms with Crippen molar-refractivity contribution in [2.24, 2.45) is 68.0 Å². The van der Waals surface area contributed by atoms with Crippen molar-refractivity contribution in [2.45, 2.75) is 284 Å². The molecule has 0 aromatic rings. The number of esters is 3. The van der Waals surface area contributed by atoms with Crippen LogP contribution in [0.4, 0.5) is 0 Å². The molecule has 3 saturated heterocycles. The monoisotopic (exact) mass is 2630 g/mol. The first-order chi connectivity index (χ1) is 51.8. The molecule has 24 nitrogen and oxygen atoms in total. The zero-order chi connectivity index (χ0) is 86.4. The van der Waals surface area contributed by atoms with Gasteiger partial charge in [-0.3, -0.25) is 19.2 Å². The molecule has 0 bridgehead atoms. The Hall–Kier alpha value is 8.83. The Morgan fingerprint density at radius 1 is 0.509 bits per heavy atom. The van der Waals surface area contributed by atoms with Crippen LogP contribution in [0.5, 0.6) is 0 Å². The van der Waals surface area contributed by atoms with Crippen molar-refractivity contribution in [3.63, 3.8) is 0 Å². The first-order valence-corrected chi connectivity index (χ1v) is 68.0. The van der Waals surface area contributed by atoms with Gasteiger partial charge >= 0.3 is 17.9 Å². The van der Waals surface area contributed by atoms with Crippen LogP contribution in [-0.2, 0) is 56.6 Å². The number of ketones is 1. The fourth-order valence-electron chi connectivity index (χ4n) is 19.9. The Morgan fingerprint density at radius 3 is 1.12 bits per heavy atom. The summed E-state index contributed by atoms with van der Waals surface area (Å²) in [4.78, 5) is 50.7. The van der Waals surface area contributed by atoms with E-state index in [4.69, 9.17) is 60.7 Å². The fraction of sp³-hybridized carbons (Fsp3) is 0.857. The molecule has 0 aromatic carbocycles. The molecule has 116 heavy (non-hydrogen) atoms. The Kier molecular flexibility index (Phi) is 50.0. The van der Waals surface area contributed by atoms with Crippen LogP contribution in [-0.4, -0.2) is 231 Å². The second-order valence-corrected chi connectivity index (χ2v) is 93.5. The van der Waals surface area contributed by atoms with Crippen LogP contribution in [0.1, 0.15) is 163 Å². The molecule has 6 aliphatic carbocycles. The van der Waals surface area contributed by atoms with Crippen molar-refractivity contribution in [1.29, 1.82) is 0 Å². The van der Waals surface area contributed by atoms with E-state index in [9.17, 15) is 80.5 Å². The third-order valence-corrected chi connectivity index (χ3v) is 95.4. The van der Waals surface area contributed by atoms with Crippen LogP contribution in [0.15, 0.2) is 34.9 Å². The molecular weight excluding hydrogens is 2500 g/mol. The van der Waals surface area contributed by atoms with Crippen molar-refractivity contribution in [3.05, 3.63) is 34.9 Å². The van der Waals surface area contributed by atoms with Crippen molar-refractivity contribution in [2.75, 3.05) is 25.2 Å². The zero-order valence-corrected chi connectivity index (χ0v) is 103. The van der Waals surface area contributed by atoms with Crippen LogP contribution in [0, 0.1) is 200 Å². The number of carbonyl (C=O) groups excluding carboxylic acids is 4. The normalized spacial score (nSPS) is 38.5. The number of ether oxygens (including phenoxy) is 6. The first-order valence-electron chi connectivity index (χ1n) is 37.6. The number of allylic oxidation sites excluding steroid dienone is 3. The van der Waals surface area contributed by atoms with Crippen LogP contribution in [0.25, 0.3) is 0 Å². The second-order valence-electron chi connectivity index (χ2n) is 34.6. The van der Waals surface area contributed by atoms with Crippen LogP contribution >= 0.6 is 162 Å². The maximum absolute atomic E-state index is 13.2. The van der Waals surface area contributed by atoms with Gasteiger partial charge in [-0.15, -0.1) is 104 Å². The molecule has 0 spiro atoms. The smallest absolute Gasteiger partial charge is 0.302 e. The molecule has 663 valence electrons. The number of hydrogen-bond donors (Lipinski definition) is 12. The summed E-state index contributed by atoms with van der Waals surface area (Å²) >= 11 is 9.53. The molecular formula is C70H131Ac3Cl2O24P17. The molecule has 12 N–H and O–H groups in total. The second kappa shape index (κ2) is 48.7. The van der Waals surface area contributed by atoms with Gasteiger partial charge in [-0.2, -0.15) is 0 Å². The summed E-state index contributed by atoms with van der Waals surface area (Å²) in [5.74, 6) is -6.19. The third kappa shape index (κ3) is 26.2. The summed E-state index contributed by atoms with van der Waals surface area (Å²) in [6.45, 7) is 28.7. The Bertz CT molecular complexity index is 3370. The zero-order valence-electron chi connectivity index (χ0n) is 69.7. The number of carbonyl (C=O) groups is 4. The van der Waals surface area contributed by atoms with E-state index in [0.717, 1.165) is 16.7 Å². The van der Waals surface area contributed by atoms with Crippen molar-refractivity contribution in [3.8, 4) is 0 Å². The van der Waals surface area contributed by atoms with E-state index < -0.39 is 249 Å². The SMILES string of the molecule is CC(=O)O[C@H](C1C[C@H](O)C(C)=CC1(C)C)C1[C@](C)([C@H](O)[C@@H](C)O)[C@@H](O)C[C@H]2OC[C@@]12O.CC(=O)O[C@H](C1C[C@H](O)C(C)=CC1(C)C)C1[C@](C)([C@H](O)[C@@H](C)OP(P(P)P)P(PP)P(P)P)[C@@H](OP(P(P)P)P(P)P)C[C@H]2OC[C@@]12O.CC(=O)O[C@H](C1C[C@H](O)C(C)=CC1(C)C)C1[C@]2(O)CO[C@@H]2C[C@H](O)[C@@]1(C)C(=O)[C@@H](C)O.ClCCl.[Ac].[Ac].[Ac]. The Balaban J connectivity index is 0.000000451. The van der Waals surface area contributed by atoms with E-state index in [0.29, 0.717) is 27.2 Å². The van der Waals surface area contributed by atoms with Gasteiger partial charge < -0.3 is 98.7 Å². The average Bonchev–Trinajstić information content (AvgIpc) is 0.688. The van der Waals surface area contributed by atoms with E-state index in [2.05, 4.69) is 100 Å². The summed E-state index contributed by atoms with van der Waals surface area (Å²) in [5, 5.41) is 135. The van der Waals surface area contributed by atoms with E-state index in [-0.39, 0.29) is 190 Å². The summed E-state index contributed by atoms with van der Waals surface area (Å²) in [7, 11) is 25.3. The van der Waals surface area contributed by atoms with Gasteiger partial charge in [-0.05, 0) is 129 Å². The number of aliphatic hydroxyl groups is 12. The maximum Gasteiger partial charge on any atom is 0.302 e. The Labute approximate surface area is 836 Å². The topological polar surface area (TPSA) is 385 Å². The summed E-state index contributed by atoms with van der Waals surface area (Å²) in [5.41, 5.74) is -7.48. The molecule has 0 aromatic heterocycles. The molecule has 18 unspecified atom stereocenters. The van der Waals surface area contributed by atoms with Gasteiger partial charge in [0.25, 0.3) is 0 Å². The number of aliphatic hydroxyl groups excluding tert-OH is 9. The van der Waals surface area contributed by atoms with Crippen molar-refractivity contribution < 1.29 is 250 Å². The minimum absolute atomic E-state index is 0. The molecule has 9 rings (SSSR count). The van der Waals surface area contributed by atoms with E-state index in [1.165, 1.54) is 41.5 Å².